The van der Waals surface area contributed by atoms with E-state index in [1.54, 1.807) is 6.20 Å². The van der Waals surface area contributed by atoms with Crippen LogP contribution in [0.1, 0.15) is 56.4 Å². The van der Waals surface area contributed by atoms with E-state index in [0.717, 1.165) is 50.5 Å². The predicted molar refractivity (Wildman–Crippen MR) is 86.6 cm³/mol. The molecule has 1 aliphatic rings. The number of carbonyl (C=O) groups excluding carboxylic acids is 1. The number of nitrogens with zero attached hydrogens (tertiary/aromatic N) is 2. The number of aromatic nitrogens is 1. The predicted octanol–water partition coefficient (Wildman–Crippen LogP) is 3.56. The highest BCUT2D eigenvalue weighted by Crippen LogP contribution is 2.21. The normalized spacial score (nSPS) is 19.1. The van der Waals surface area contributed by atoms with Crippen molar-refractivity contribution in [2.75, 3.05) is 25.0 Å². The highest BCUT2D eigenvalue weighted by atomic mass is 16.2. The molecule has 1 atom stereocenters. The summed E-state index contributed by atoms with van der Waals surface area (Å²) in [5.74, 6) is 0.847. The Morgan fingerprint density at radius 2 is 2.24 bits per heavy atom. The lowest BCUT2D eigenvalue weighted by atomic mass is 9.98. The summed E-state index contributed by atoms with van der Waals surface area (Å²) in [5.41, 5.74) is 1.54. The molecule has 1 aromatic rings. The van der Waals surface area contributed by atoms with E-state index in [0.29, 0.717) is 5.69 Å². The van der Waals surface area contributed by atoms with Crippen molar-refractivity contribution in [2.24, 2.45) is 5.92 Å². The molecule has 1 unspecified atom stereocenters. The van der Waals surface area contributed by atoms with Crippen LogP contribution in [-0.2, 0) is 0 Å². The molecule has 1 N–H and O–H groups in total. The molecule has 2 rings (SSSR count). The summed E-state index contributed by atoms with van der Waals surface area (Å²) in [7, 11) is 0. The van der Waals surface area contributed by atoms with Crippen LogP contribution in [0.4, 0.5) is 5.69 Å². The second-order valence-corrected chi connectivity index (χ2v) is 5.85. The fraction of sp³-hybridized carbons (Fsp3) is 0.647. The second kappa shape index (κ2) is 8.01. The number of carbonyl (C=O) groups is 1. The van der Waals surface area contributed by atoms with Crippen molar-refractivity contribution in [3.05, 3.63) is 24.0 Å². The Balaban J connectivity index is 2.01. The lowest BCUT2D eigenvalue weighted by Crippen LogP contribution is -2.32. The Morgan fingerprint density at radius 3 is 3.00 bits per heavy atom. The van der Waals surface area contributed by atoms with E-state index in [9.17, 15) is 4.79 Å². The lowest BCUT2D eigenvalue weighted by Gasteiger charge is -2.20. The molecule has 0 bridgehead atoms. The Labute approximate surface area is 127 Å². The van der Waals surface area contributed by atoms with Crippen LogP contribution in [0, 0.1) is 5.92 Å². The molecule has 1 aromatic heterocycles. The van der Waals surface area contributed by atoms with Gasteiger partial charge in [-0.15, -0.1) is 0 Å². The van der Waals surface area contributed by atoms with Crippen molar-refractivity contribution in [1.29, 1.82) is 0 Å². The minimum absolute atomic E-state index is 0.0758. The summed E-state index contributed by atoms with van der Waals surface area (Å²) in [6.45, 7) is 7.02. The second-order valence-electron chi connectivity index (χ2n) is 5.85. The zero-order valence-electron chi connectivity index (χ0n) is 13.3. The minimum Gasteiger partial charge on any atom is -0.385 e. The highest BCUT2D eigenvalue weighted by molar-refractivity contribution is 5.93. The first-order valence-corrected chi connectivity index (χ1v) is 8.23. The Morgan fingerprint density at radius 1 is 1.38 bits per heavy atom. The number of hydrogen-bond donors (Lipinski definition) is 1. The molecule has 4 nitrogen and oxygen atoms in total. The van der Waals surface area contributed by atoms with Crippen LogP contribution >= 0.6 is 0 Å². The largest absolute Gasteiger partial charge is 0.385 e. The molecule has 1 saturated heterocycles. The number of anilines is 1. The number of rotatable bonds is 5. The smallest absolute Gasteiger partial charge is 0.272 e. The van der Waals surface area contributed by atoms with Crippen molar-refractivity contribution in [1.82, 2.24) is 9.88 Å². The van der Waals surface area contributed by atoms with Gasteiger partial charge in [-0.1, -0.05) is 20.3 Å². The molecule has 1 amide bonds. The Kier molecular flexibility index (Phi) is 6.03. The topological polar surface area (TPSA) is 45.2 Å². The van der Waals surface area contributed by atoms with Crippen LogP contribution in [0.3, 0.4) is 0 Å². The third kappa shape index (κ3) is 4.45. The van der Waals surface area contributed by atoms with Gasteiger partial charge in [-0.3, -0.25) is 9.78 Å². The standard InChI is InChI=1S/C17H27N3O/c1-3-9-18-15-7-10-19-16(13-15)17(21)20-11-5-6-14(4-2)8-12-20/h7,10,13-14H,3-6,8-9,11-12H2,1-2H3,(H,18,19). The van der Waals surface area contributed by atoms with Crippen molar-refractivity contribution in [3.63, 3.8) is 0 Å². The van der Waals surface area contributed by atoms with Crippen LogP contribution in [0.5, 0.6) is 0 Å². The van der Waals surface area contributed by atoms with E-state index in [1.165, 1.54) is 12.8 Å². The monoisotopic (exact) mass is 289 g/mol. The molecule has 2 heterocycles. The van der Waals surface area contributed by atoms with Gasteiger partial charge in [0.05, 0.1) is 0 Å². The molecule has 0 saturated carbocycles. The zero-order valence-corrected chi connectivity index (χ0v) is 13.3. The van der Waals surface area contributed by atoms with E-state index in [-0.39, 0.29) is 5.91 Å². The molecule has 1 aliphatic heterocycles. The molecule has 4 heteroatoms. The van der Waals surface area contributed by atoms with Gasteiger partial charge in [0, 0.05) is 31.5 Å². The van der Waals surface area contributed by atoms with E-state index < -0.39 is 0 Å². The summed E-state index contributed by atoms with van der Waals surface area (Å²) in [5, 5.41) is 3.31. The average Bonchev–Trinajstić information content (AvgIpc) is 2.78. The van der Waals surface area contributed by atoms with Crippen LogP contribution in [0.2, 0.25) is 0 Å². The lowest BCUT2D eigenvalue weighted by molar-refractivity contribution is 0.0754. The minimum atomic E-state index is 0.0758. The van der Waals surface area contributed by atoms with Crippen LogP contribution < -0.4 is 5.32 Å². The molecule has 0 aliphatic carbocycles. The van der Waals surface area contributed by atoms with E-state index >= 15 is 0 Å². The number of likely N-dealkylation sites (tertiary alicyclic amines) is 1. The SMILES string of the molecule is CCCNc1ccnc(C(=O)N2CCCC(CC)CC2)c1. The van der Waals surface area contributed by atoms with Gasteiger partial charge in [-0.05, 0) is 43.7 Å². The zero-order chi connectivity index (χ0) is 15.1. The van der Waals surface area contributed by atoms with Gasteiger partial charge in [0.15, 0.2) is 0 Å². The first-order valence-electron chi connectivity index (χ1n) is 8.23. The van der Waals surface area contributed by atoms with Crippen LogP contribution in [0.25, 0.3) is 0 Å². The van der Waals surface area contributed by atoms with Crippen molar-refractivity contribution in [2.45, 2.75) is 46.0 Å². The van der Waals surface area contributed by atoms with Gasteiger partial charge in [-0.2, -0.15) is 0 Å². The van der Waals surface area contributed by atoms with E-state index in [1.807, 2.05) is 17.0 Å². The number of nitrogens with one attached hydrogen (secondary N) is 1. The summed E-state index contributed by atoms with van der Waals surface area (Å²) in [6, 6.07) is 3.79. The molecule has 21 heavy (non-hydrogen) atoms. The van der Waals surface area contributed by atoms with E-state index in [2.05, 4.69) is 24.1 Å². The summed E-state index contributed by atoms with van der Waals surface area (Å²) < 4.78 is 0. The number of amides is 1. The first-order chi connectivity index (χ1) is 10.2. The average molecular weight is 289 g/mol. The molecular weight excluding hydrogens is 262 g/mol. The van der Waals surface area contributed by atoms with Gasteiger partial charge in [-0.25, -0.2) is 0 Å². The first kappa shape index (κ1) is 15.8. The molecule has 1 fully saturated rings. The van der Waals surface area contributed by atoms with Gasteiger partial charge in [0.1, 0.15) is 5.69 Å². The van der Waals surface area contributed by atoms with Gasteiger partial charge >= 0.3 is 0 Å². The summed E-state index contributed by atoms with van der Waals surface area (Å²) in [6.07, 6.45) is 7.48. The molecular formula is C17H27N3O. The molecule has 0 aromatic carbocycles. The highest BCUT2D eigenvalue weighted by Gasteiger charge is 2.21. The van der Waals surface area contributed by atoms with Crippen LogP contribution in [-0.4, -0.2) is 35.4 Å². The summed E-state index contributed by atoms with van der Waals surface area (Å²) >= 11 is 0. The maximum absolute atomic E-state index is 12.6. The maximum Gasteiger partial charge on any atom is 0.272 e. The van der Waals surface area contributed by atoms with Gasteiger partial charge < -0.3 is 10.2 Å². The summed E-state index contributed by atoms with van der Waals surface area (Å²) in [4.78, 5) is 18.8. The fourth-order valence-electron chi connectivity index (χ4n) is 2.87. The van der Waals surface area contributed by atoms with E-state index in [4.69, 9.17) is 0 Å². The third-order valence-corrected chi connectivity index (χ3v) is 4.27. The quantitative estimate of drug-likeness (QED) is 0.901. The third-order valence-electron chi connectivity index (χ3n) is 4.27. The van der Waals surface area contributed by atoms with Gasteiger partial charge in [0.25, 0.3) is 5.91 Å². The number of hydrogen-bond acceptors (Lipinski definition) is 3. The van der Waals surface area contributed by atoms with Crippen molar-refractivity contribution in [3.8, 4) is 0 Å². The Bertz CT molecular complexity index is 461. The van der Waals surface area contributed by atoms with Crippen LogP contribution in [0.15, 0.2) is 18.3 Å². The number of pyridine rings is 1. The molecule has 0 spiro atoms. The van der Waals surface area contributed by atoms with Crippen molar-refractivity contribution >= 4 is 11.6 Å². The molecule has 116 valence electrons. The van der Waals surface area contributed by atoms with Gasteiger partial charge in [0.2, 0.25) is 0 Å². The Hall–Kier alpha value is -1.58. The molecule has 0 radical (unpaired) electrons. The van der Waals surface area contributed by atoms with Crippen molar-refractivity contribution < 1.29 is 4.79 Å². The fourth-order valence-corrected chi connectivity index (χ4v) is 2.87. The maximum atomic E-state index is 12.6.